The molecule has 2 aromatic rings. The molecule has 1 saturated heterocycles. The summed E-state index contributed by atoms with van der Waals surface area (Å²) in [7, 11) is 0. The Hall–Kier alpha value is -3.25. The SMILES string of the molecule is Cc1nc(N[C@H]2CN(C(=O)OC(C)(C)C)CCC2(F)F)nnc1-c1ccc(C(F)(F)F)cc1O. The number of aromatic hydroxyl groups is 1. The highest BCUT2D eigenvalue weighted by atomic mass is 19.4. The number of nitrogens with zero attached hydrogens (tertiary/aromatic N) is 4. The zero-order valence-corrected chi connectivity index (χ0v) is 18.9. The molecule has 1 atom stereocenters. The number of rotatable bonds is 3. The van der Waals surface area contributed by atoms with Crippen LogP contribution in [0.5, 0.6) is 5.75 Å². The van der Waals surface area contributed by atoms with Crippen LogP contribution in [0, 0.1) is 6.92 Å². The topological polar surface area (TPSA) is 100 Å². The zero-order chi connectivity index (χ0) is 25.5. The lowest BCUT2D eigenvalue weighted by Crippen LogP contribution is -2.56. The Balaban J connectivity index is 1.79. The number of hydrogen-bond donors (Lipinski definition) is 2. The average Bonchev–Trinajstić information content (AvgIpc) is 2.68. The molecule has 8 nitrogen and oxygen atoms in total. The molecule has 0 radical (unpaired) electrons. The van der Waals surface area contributed by atoms with Crippen LogP contribution in [0.4, 0.5) is 32.7 Å². The number of phenolic OH excluding ortho intramolecular Hbond substituents is 1. The summed E-state index contributed by atoms with van der Waals surface area (Å²) >= 11 is 0. The van der Waals surface area contributed by atoms with Gasteiger partial charge in [-0.3, -0.25) is 0 Å². The number of carbonyl (C=O) groups excluding carboxylic acids is 1. The predicted molar refractivity (Wildman–Crippen MR) is 111 cm³/mol. The number of aromatic nitrogens is 3. The van der Waals surface area contributed by atoms with Crippen LogP contribution in [0.25, 0.3) is 11.3 Å². The maximum Gasteiger partial charge on any atom is 0.416 e. The fourth-order valence-electron chi connectivity index (χ4n) is 3.32. The van der Waals surface area contributed by atoms with E-state index < -0.39 is 47.6 Å². The van der Waals surface area contributed by atoms with Crippen molar-refractivity contribution < 1.29 is 36.6 Å². The van der Waals surface area contributed by atoms with Gasteiger partial charge >= 0.3 is 12.3 Å². The van der Waals surface area contributed by atoms with Crippen molar-refractivity contribution in [3.8, 4) is 17.0 Å². The number of likely N-dealkylation sites (tertiary alicyclic amines) is 1. The van der Waals surface area contributed by atoms with E-state index in [2.05, 4.69) is 20.5 Å². The van der Waals surface area contributed by atoms with Crippen LogP contribution in [0.15, 0.2) is 18.2 Å². The number of halogens is 5. The molecule has 0 unspecified atom stereocenters. The number of piperidine rings is 1. The van der Waals surface area contributed by atoms with Crippen molar-refractivity contribution >= 4 is 12.0 Å². The van der Waals surface area contributed by atoms with Gasteiger partial charge in [-0.2, -0.15) is 13.2 Å². The summed E-state index contributed by atoms with van der Waals surface area (Å²) in [5.74, 6) is -4.12. The van der Waals surface area contributed by atoms with Crippen LogP contribution < -0.4 is 5.32 Å². The van der Waals surface area contributed by atoms with Crippen molar-refractivity contribution in [2.45, 2.75) is 57.9 Å². The second-order valence-corrected chi connectivity index (χ2v) is 8.93. The predicted octanol–water partition coefficient (Wildman–Crippen LogP) is 4.63. The van der Waals surface area contributed by atoms with Gasteiger partial charge in [0.25, 0.3) is 5.92 Å². The Morgan fingerprint density at radius 2 is 1.91 bits per heavy atom. The molecule has 1 fully saturated rings. The molecule has 1 aliphatic rings. The second-order valence-electron chi connectivity index (χ2n) is 8.93. The van der Waals surface area contributed by atoms with E-state index in [9.17, 15) is 31.9 Å². The lowest BCUT2D eigenvalue weighted by atomic mass is 10.0. The number of hydrogen-bond acceptors (Lipinski definition) is 7. The first kappa shape index (κ1) is 25.4. The number of alkyl halides is 5. The van der Waals surface area contributed by atoms with Gasteiger partial charge in [-0.15, -0.1) is 10.2 Å². The number of benzene rings is 1. The number of anilines is 1. The Morgan fingerprint density at radius 1 is 1.24 bits per heavy atom. The van der Waals surface area contributed by atoms with Crippen LogP contribution in [0.3, 0.4) is 0 Å². The monoisotopic (exact) mass is 489 g/mol. The summed E-state index contributed by atoms with van der Waals surface area (Å²) < 4.78 is 72.8. The minimum absolute atomic E-state index is 0.0115. The van der Waals surface area contributed by atoms with E-state index in [1.54, 1.807) is 20.8 Å². The summed E-state index contributed by atoms with van der Waals surface area (Å²) in [5, 5.41) is 20.1. The van der Waals surface area contributed by atoms with Crippen LogP contribution in [0.1, 0.15) is 38.4 Å². The van der Waals surface area contributed by atoms with E-state index in [4.69, 9.17) is 4.74 Å². The number of aryl methyl sites for hydroxylation is 1. The third-order valence-corrected chi connectivity index (χ3v) is 5.02. The third kappa shape index (κ3) is 5.81. The van der Waals surface area contributed by atoms with E-state index in [-0.39, 0.29) is 36.0 Å². The molecule has 0 bridgehead atoms. The largest absolute Gasteiger partial charge is 0.507 e. The Morgan fingerprint density at radius 3 is 2.47 bits per heavy atom. The molecule has 2 heterocycles. The minimum atomic E-state index is -4.64. The van der Waals surface area contributed by atoms with E-state index >= 15 is 0 Å². The first-order valence-electron chi connectivity index (χ1n) is 10.3. The highest BCUT2D eigenvalue weighted by molar-refractivity contribution is 5.69. The van der Waals surface area contributed by atoms with Gasteiger partial charge in [0.15, 0.2) is 0 Å². The normalized spacial score (nSPS) is 18.5. The van der Waals surface area contributed by atoms with Crippen LogP contribution >= 0.6 is 0 Å². The average molecular weight is 489 g/mol. The van der Waals surface area contributed by atoms with Crippen LogP contribution in [-0.4, -0.2) is 61.9 Å². The first-order chi connectivity index (χ1) is 15.6. The lowest BCUT2D eigenvalue weighted by Gasteiger charge is -2.38. The lowest BCUT2D eigenvalue weighted by molar-refractivity contribution is -0.137. The summed E-state index contributed by atoms with van der Waals surface area (Å²) in [6, 6.07) is 0.824. The Bertz CT molecular complexity index is 1070. The fourth-order valence-corrected chi connectivity index (χ4v) is 3.32. The first-order valence-corrected chi connectivity index (χ1v) is 10.3. The standard InChI is InChI=1S/C21H24F5N5O3/c1-11-16(13-6-5-12(9-14(13)32)21(24,25)26)29-30-17(27-11)28-15-10-31(8-7-20(15,22)23)18(33)34-19(2,3)4/h5-6,9,15,32H,7-8,10H2,1-4H3,(H,27,28,30)/t15-/m0/s1. The maximum atomic E-state index is 14.5. The molecule has 186 valence electrons. The maximum absolute atomic E-state index is 14.5. The van der Waals surface area contributed by atoms with Crippen molar-refractivity contribution in [2.24, 2.45) is 0 Å². The van der Waals surface area contributed by atoms with Crippen LogP contribution in [-0.2, 0) is 10.9 Å². The molecule has 0 saturated carbocycles. The van der Waals surface area contributed by atoms with Crippen LogP contribution in [0.2, 0.25) is 0 Å². The van der Waals surface area contributed by atoms with E-state index in [0.717, 1.165) is 17.0 Å². The van der Waals surface area contributed by atoms with Gasteiger partial charge in [-0.05, 0) is 45.9 Å². The molecular formula is C21H24F5N5O3. The molecule has 1 aliphatic heterocycles. The molecule has 13 heteroatoms. The number of carbonyl (C=O) groups is 1. The van der Waals surface area contributed by atoms with E-state index in [0.29, 0.717) is 6.07 Å². The van der Waals surface area contributed by atoms with Gasteiger partial charge in [0.2, 0.25) is 5.95 Å². The summed E-state index contributed by atoms with van der Waals surface area (Å²) in [6.07, 6.45) is -5.97. The highest BCUT2D eigenvalue weighted by Crippen LogP contribution is 2.37. The van der Waals surface area contributed by atoms with Gasteiger partial charge in [0.1, 0.15) is 23.1 Å². The fraction of sp³-hybridized carbons (Fsp3) is 0.524. The summed E-state index contributed by atoms with van der Waals surface area (Å²) in [5.41, 5.74) is -1.75. The van der Waals surface area contributed by atoms with Crippen molar-refractivity contribution in [3.63, 3.8) is 0 Å². The smallest absolute Gasteiger partial charge is 0.416 e. The number of nitrogens with one attached hydrogen (secondary N) is 1. The Labute approximate surface area is 192 Å². The second kappa shape index (κ2) is 8.84. The molecule has 0 spiro atoms. The quantitative estimate of drug-likeness (QED) is 0.607. The number of amides is 1. The molecule has 34 heavy (non-hydrogen) atoms. The van der Waals surface area contributed by atoms with E-state index in [1.165, 1.54) is 6.92 Å². The summed E-state index contributed by atoms with van der Waals surface area (Å²) in [6.45, 7) is 5.88. The van der Waals surface area contributed by atoms with Crippen molar-refractivity contribution in [1.82, 2.24) is 20.1 Å². The minimum Gasteiger partial charge on any atom is -0.507 e. The van der Waals surface area contributed by atoms with Gasteiger partial charge in [-0.25, -0.2) is 18.6 Å². The summed E-state index contributed by atoms with van der Waals surface area (Å²) in [4.78, 5) is 17.5. The Kier molecular flexibility index (Phi) is 6.60. The molecule has 2 N–H and O–H groups in total. The molecular weight excluding hydrogens is 465 g/mol. The van der Waals surface area contributed by atoms with Crippen molar-refractivity contribution in [3.05, 3.63) is 29.5 Å². The third-order valence-electron chi connectivity index (χ3n) is 5.02. The van der Waals surface area contributed by atoms with E-state index in [1.807, 2.05) is 0 Å². The van der Waals surface area contributed by atoms with Gasteiger partial charge in [0.05, 0.1) is 17.8 Å². The number of ether oxygens (including phenoxy) is 1. The van der Waals surface area contributed by atoms with Gasteiger partial charge < -0.3 is 20.1 Å². The molecule has 1 amide bonds. The molecule has 3 rings (SSSR count). The molecule has 1 aromatic heterocycles. The van der Waals surface area contributed by atoms with Crippen molar-refractivity contribution in [1.29, 1.82) is 0 Å². The van der Waals surface area contributed by atoms with Gasteiger partial charge in [-0.1, -0.05) is 0 Å². The van der Waals surface area contributed by atoms with Gasteiger partial charge in [0, 0.05) is 18.5 Å². The molecule has 1 aromatic carbocycles. The molecule has 0 aliphatic carbocycles. The highest BCUT2D eigenvalue weighted by Gasteiger charge is 2.46. The number of phenols is 1. The van der Waals surface area contributed by atoms with Crippen molar-refractivity contribution in [2.75, 3.05) is 18.4 Å². The zero-order valence-electron chi connectivity index (χ0n) is 18.9.